The number of rotatable bonds is 6. The predicted octanol–water partition coefficient (Wildman–Crippen LogP) is 2.83. The molecule has 0 radical (unpaired) electrons. The third-order valence-electron chi connectivity index (χ3n) is 4.43. The van der Waals surface area contributed by atoms with Crippen LogP contribution < -0.4 is 10.9 Å². The average molecular weight is 405 g/mol. The van der Waals surface area contributed by atoms with E-state index < -0.39 is 0 Å². The smallest absolute Gasteiger partial charge is 0.262 e. The molecule has 0 saturated heterocycles. The van der Waals surface area contributed by atoms with E-state index in [9.17, 15) is 9.59 Å². The van der Waals surface area contributed by atoms with Gasteiger partial charge in [0.15, 0.2) is 10.8 Å². The van der Waals surface area contributed by atoms with Crippen molar-refractivity contribution in [2.75, 3.05) is 5.75 Å². The van der Waals surface area contributed by atoms with Crippen LogP contribution in [0.15, 0.2) is 70.7 Å². The van der Waals surface area contributed by atoms with Gasteiger partial charge in [0.2, 0.25) is 5.91 Å². The Labute approximate surface area is 171 Å². The number of para-hydroxylation sites is 1. The number of aryl methyl sites for hydroxylation is 1. The molecule has 2 heterocycles. The van der Waals surface area contributed by atoms with Crippen molar-refractivity contribution in [2.45, 2.75) is 18.6 Å². The number of aromatic amines is 1. The van der Waals surface area contributed by atoms with Crippen LogP contribution in [0.2, 0.25) is 0 Å². The van der Waals surface area contributed by atoms with Crippen molar-refractivity contribution in [3.05, 3.63) is 82.3 Å². The van der Waals surface area contributed by atoms with Crippen LogP contribution in [0.4, 0.5) is 0 Å². The number of nitrogens with one attached hydrogen (secondary N) is 2. The minimum Gasteiger partial charge on any atom is -0.351 e. The first-order valence-electron chi connectivity index (χ1n) is 9.09. The first kappa shape index (κ1) is 18.9. The van der Waals surface area contributed by atoms with Crippen LogP contribution in [-0.2, 0) is 11.3 Å². The van der Waals surface area contributed by atoms with Crippen molar-refractivity contribution in [1.29, 1.82) is 0 Å². The molecule has 7 nitrogen and oxygen atoms in total. The maximum Gasteiger partial charge on any atom is 0.262 e. The predicted molar refractivity (Wildman–Crippen MR) is 113 cm³/mol. The van der Waals surface area contributed by atoms with Crippen LogP contribution >= 0.6 is 11.8 Å². The SMILES string of the molecule is Cc1ccccc1-n1ncc2c(=O)[nH]c(SCC(=O)NCc3ccccc3)nc21. The fourth-order valence-corrected chi connectivity index (χ4v) is 3.61. The molecule has 0 aliphatic rings. The standard InChI is InChI=1S/C21H19N5O2S/c1-14-7-5-6-10-17(14)26-19-16(12-23-26)20(28)25-21(24-19)29-13-18(27)22-11-15-8-3-2-4-9-15/h2-10,12H,11,13H2,1H3,(H,22,27)(H,24,25,28). The van der Waals surface area contributed by atoms with Gasteiger partial charge in [0.25, 0.3) is 5.56 Å². The Morgan fingerprint density at radius 2 is 1.90 bits per heavy atom. The van der Waals surface area contributed by atoms with E-state index >= 15 is 0 Å². The minimum absolute atomic E-state index is 0.131. The molecule has 4 aromatic rings. The Balaban J connectivity index is 1.51. The van der Waals surface area contributed by atoms with E-state index in [1.165, 1.54) is 18.0 Å². The van der Waals surface area contributed by atoms with Crippen molar-refractivity contribution >= 4 is 28.7 Å². The third-order valence-corrected chi connectivity index (χ3v) is 5.31. The maximum atomic E-state index is 12.4. The van der Waals surface area contributed by atoms with Crippen molar-refractivity contribution in [3.63, 3.8) is 0 Å². The van der Waals surface area contributed by atoms with Gasteiger partial charge in [-0.3, -0.25) is 9.59 Å². The molecule has 1 amide bonds. The van der Waals surface area contributed by atoms with Gasteiger partial charge in [-0.15, -0.1) is 0 Å². The van der Waals surface area contributed by atoms with Crippen LogP contribution in [-0.4, -0.2) is 31.4 Å². The van der Waals surface area contributed by atoms with Crippen molar-refractivity contribution in [2.24, 2.45) is 0 Å². The number of hydrogen-bond acceptors (Lipinski definition) is 5. The second-order valence-electron chi connectivity index (χ2n) is 6.50. The molecule has 0 atom stereocenters. The molecule has 2 aromatic carbocycles. The zero-order chi connectivity index (χ0) is 20.2. The van der Waals surface area contributed by atoms with Crippen LogP contribution in [0.25, 0.3) is 16.7 Å². The number of hydrogen-bond donors (Lipinski definition) is 2. The molecule has 0 aliphatic heterocycles. The zero-order valence-electron chi connectivity index (χ0n) is 15.8. The molecule has 0 aliphatic carbocycles. The highest BCUT2D eigenvalue weighted by Crippen LogP contribution is 2.19. The number of H-pyrrole nitrogens is 1. The molecule has 0 fully saturated rings. The number of benzene rings is 2. The summed E-state index contributed by atoms with van der Waals surface area (Å²) >= 11 is 1.18. The molecule has 2 N–H and O–H groups in total. The van der Waals surface area contributed by atoms with Crippen molar-refractivity contribution in [1.82, 2.24) is 25.1 Å². The number of aromatic nitrogens is 4. The van der Waals surface area contributed by atoms with E-state index in [1.54, 1.807) is 4.68 Å². The summed E-state index contributed by atoms with van der Waals surface area (Å²) in [5, 5.41) is 7.99. The molecule has 8 heteroatoms. The molecule has 4 rings (SSSR count). The topological polar surface area (TPSA) is 92.7 Å². The summed E-state index contributed by atoms with van der Waals surface area (Å²) in [7, 11) is 0. The first-order chi connectivity index (χ1) is 14.1. The summed E-state index contributed by atoms with van der Waals surface area (Å²) in [5.74, 6) is 0.0220. The Morgan fingerprint density at radius 1 is 1.14 bits per heavy atom. The molecular weight excluding hydrogens is 386 g/mol. The Bertz CT molecular complexity index is 1220. The van der Waals surface area contributed by atoms with Gasteiger partial charge in [-0.2, -0.15) is 5.10 Å². The van der Waals surface area contributed by atoms with E-state index in [-0.39, 0.29) is 17.2 Å². The fraction of sp³-hybridized carbons (Fsp3) is 0.143. The van der Waals surface area contributed by atoms with Crippen LogP contribution in [0.3, 0.4) is 0 Å². The summed E-state index contributed by atoms with van der Waals surface area (Å²) < 4.78 is 1.65. The second-order valence-corrected chi connectivity index (χ2v) is 7.47. The van der Waals surface area contributed by atoms with Gasteiger partial charge in [0.05, 0.1) is 17.6 Å². The summed E-state index contributed by atoms with van der Waals surface area (Å²) in [4.78, 5) is 31.8. The van der Waals surface area contributed by atoms with Crippen LogP contribution in [0.5, 0.6) is 0 Å². The Hall–Kier alpha value is -3.39. The van der Waals surface area contributed by atoms with E-state index in [1.807, 2.05) is 61.5 Å². The second kappa shape index (κ2) is 8.32. The molecule has 146 valence electrons. The van der Waals surface area contributed by atoms with Crippen LogP contribution in [0, 0.1) is 6.92 Å². The third kappa shape index (κ3) is 4.22. The van der Waals surface area contributed by atoms with Crippen molar-refractivity contribution < 1.29 is 4.79 Å². The lowest BCUT2D eigenvalue weighted by atomic mass is 10.2. The molecule has 0 saturated carbocycles. The molecule has 29 heavy (non-hydrogen) atoms. The molecule has 0 bridgehead atoms. The summed E-state index contributed by atoms with van der Waals surface area (Å²) in [6.45, 7) is 2.44. The fourth-order valence-electron chi connectivity index (χ4n) is 2.93. The zero-order valence-corrected chi connectivity index (χ0v) is 16.6. The highest BCUT2D eigenvalue weighted by atomic mass is 32.2. The first-order valence-corrected chi connectivity index (χ1v) is 10.1. The number of carbonyl (C=O) groups excluding carboxylic acids is 1. The summed E-state index contributed by atoms with van der Waals surface area (Å²) in [5.41, 5.74) is 3.10. The number of fused-ring (bicyclic) bond motifs is 1. The lowest BCUT2D eigenvalue weighted by molar-refractivity contribution is -0.118. The molecule has 0 spiro atoms. The summed E-state index contributed by atoms with van der Waals surface area (Å²) in [6, 6.07) is 17.4. The van der Waals surface area contributed by atoms with Crippen LogP contribution in [0.1, 0.15) is 11.1 Å². The minimum atomic E-state index is -0.276. The number of nitrogens with zero attached hydrogens (tertiary/aromatic N) is 3. The van der Waals surface area contributed by atoms with E-state index in [0.717, 1.165) is 16.8 Å². The molecular formula is C21H19N5O2S. The number of thioether (sulfide) groups is 1. The van der Waals surface area contributed by atoms with Gasteiger partial charge >= 0.3 is 0 Å². The summed E-state index contributed by atoms with van der Waals surface area (Å²) in [6.07, 6.45) is 1.51. The van der Waals surface area contributed by atoms with E-state index in [2.05, 4.69) is 20.4 Å². The van der Waals surface area contributed by atoms with E-state index in [0.29, 0.717) is 22.7 Å². The average Bonchev–Trinajstić information content (AvgIpc) is 3.16. The van der Waals surface area contributed by atoms with E-state index in [4.69, 9.17) is 0 Å². The Morgan fingerprint density at radius 3 is 2.69 bits per heavy atom. The van der Waals surface area contributed by atoms with Gasteiger partial charge in [0, 0.05) is 6.54 Å². The highest BCUT2D eigenvalue weighted by Gasteiger charge is 2.14. The van der Waals surface area contributed by atoms with Crippen molar-refractivity contribution in [3.8, 4) is 5.69 Å². The monoisotopic (exact) mass is 405 g/mol. The molecule has 2 aromatic heterocycles. The Kier molecular flexibility index (Phi) is 5.44. The maximum absolute atomic E-state index is 12.4. The largest absolute Gasteiger partial charge is 0.351 e. The molecule has 0 unspecified atom stereocenters. The highest BCUT2D eigenvalue weighted by molar-refractivity contribution is 7.99. The van der Waals surface area contributed by atoms with Gasteiger partial charge in [-0.1, -0.05) is 60.3 Å². The normalized spacial score (nSPS) is 10.9. The number of carbonyl (C=O) groups is 1. The van der Waals surface area contributed by atoms with Gasteiger partial charge < -0.3 is 10.3 Å². The lowest BCUT2D eigenvalue weighted by Gasteiger charge is -2.07. The quantitative estimate of drug-likeness (QED) is 0.380. The van der Waals surface area contributed by atoms with Gasteiger partial charge in [-0.25, -0.2) is 9.67 Å². The number of amides is 1. The van der Waals surface area contributed by atoms with Gasteiger partial charge in [0.1, 0.15) is 5.39 Å². The van der Waals surface area contributed by atoms with Gasteiger partial charge in [-0.05, 0) is 24.1 Å². The lowest BCUT2D eigenvalue weighted by Crippen LogP contribution is -2.24.